The molecule has 3 rings (SSSR count). The minimum absolute atomic E-state index is 0.0878. The van der Waals surface area contributed by atoms with Crippen molar-refractivity contribution in [3.8, 4) is 0 Å². The van der Waals surface area contributed by atoms with Crippen LogP contribution < -0.4 is 10.6 Å². The number of aryl methyl sites for hydroxylation is 1. The third-order valence-corrected chi connectivity index (χ3v) is 5.09. The third-order valence-electron chi connectivity index (χ3n) is 5.09. The Morgan fingerprint density at radius 1 is 1.29 bits per heavy atom. The number of nitrogens with one attached hydrogen (secondary N) is 2. The van der Waals surface area contributed by atoms with E-state index in [2.05, 4.69) is 20.5 Å². The topological polar surface area (TPSA) is 57.3 Å². The molecule has 1 aliphatic heterocycles. The van der Waals surface area contributed by atoms with Gasteiger partial charge < -0.3 is 10.6 Å². The second-order valence-corrected chi connectivity index (χ2v) is 8.85. The molecule has 1 fully saturated rings. The van der Waals surface area contributed by atoms with E-state index in [9.17, 15) is 9.18 Å². The van der Waals surface area contributed by atoms with E-state index < -0.39 is 0 Å². The van der Waals surface area contributed by atoms with Gasteiger partial charge in [-0.05, 0) is 71.7 Å². The number of carbonyl (C=O) groups excluding carboxylic acids is 1. The zero-order valence-electron chi connectivity index (χ0n) is 17.3. The highest BCUT2D eigenvalue weighted by molar-refractivity contribution is 5.91. The molecule has 1 amide bonds. The highest BCUT2D eigenvalue weighted by Gasteiger charge is 2.22. The van der Waals surface area contributed by atoms with Crippen LogP contribution in [0, 0.1) is 18.7 Å². The molecule has 0 unspecified atom stereocenters. The molecule has 2 N–H and O–H groups in total. The largest absolute Gasteiger partial charge is 0.384 e. The van der Waals surface area contributed by atoms with Crippen molar-refractivity contribution in [3.63, 3.8) is 0 Å². The molecule has 1 aromatic carbocycles. The summed E-state index contributed by atoms with van der Waals surface area (Å²) >= 11 is 0. The molecule has 1 aliphatic rings. The number of para-hydroxylation sites is 1. The number of likely N-dealkylation sites (tertiary alicyclic amines) is 1. The van der Waals surface area contributed by atoms with Gasteiger partial charge in [0.15, 0.2) is 0 Å². The van der Waals surface area contributed by atoms with Crippen LogP contribution in [-0.2, 0) is 4.79 Å². The Morgan fingerprint density at radius 3 is 2.68 bits per heavy atom. The third kappa shape index (κ3) is 5.41. The number of benzene rings is 1. The average Bonchev–Trinajstić information content (AvgIpc) is 2.60. The molecule has 0 saturated carbocycles. The van der Waals surface area contributed by atoms with Crippen LogP contribution >= 0.6 is 0 Å². The summed E-state index contributed by atoms with van der Waals surface area (Å²) in [4.78, 5) is 18.7. The molecule has 152 valence electrons. The van der Waals surface area contributed by atoms with Gasteiger partial charge in [-0.25, -0.2) is 9.37 Å². The second-order valence-electron chi connectivity index (χ2n) is 8.85. The Hall–Kier alpha value is -2.21. The van der Waals surface area contributed by atoms with Crippen LogP contribution in [-0.4, -0.2) is 47.5 Å². The number of amides is 1. The number of aromatic nitrogens is 1. The van der Waals surface area contributed by atoms with Crippen molar-refractivity contribution in [1.82, 2.24) is 15.2 Å². The molecule has 5 nitrogen and oxygen atoms in total. The Balaban J connectivity index is 1.53. The fraction of sp³-hybridized carbons (Fsp3) is 0.545. The number of anilines is 1. The van der Waals surface area contributed by atoms with Crippen molar-refractivity contribution in [1.29, 1.82) is 0 Å². The predicted octanol–water partition coefficient (Wildman–Crippen LogP) is 3.72. The van der Waals surface area contributed by atoms with E-state index in [0.29, 0.717) is 18.0 Å². The zero-order valence-corrected chi connectivity index (χ0v) is 17.3. The molecule has 0 bridgehead atoms. The molecule has 28 heavy (non-hydrogen) atoms. The van der Waals surface area contributed by atoms with Crippen LogP contribution in [0.4, 0.5) is 10.1 Å². The first-order chi connectivity index (χ1) is 13.2. The first-order valence-electron chi connectivity index (χ1n) is 10.0. The molecule has 0 spiro atoms. The lowest BCUT2D eigenvalue weighted by molar-refractivity contribution is -0.124. The van der Waals surface area contributed by atoms with Crippen LogP contribution in [0.5, 0.6) is 0 Å². The first kappa shape index (κ1) is 20.5. The fourth-order valence-electron chi connectivity index (χ4n) is 3.75. The van der Waals surface area contributed by atoms with Gasteiger partial charge in [0.25, 0.3) is 0 Å². The van der Waals surface area contributed by atoms with E-state index in [-0.39, 0.29) is 17.3 Å². The van der Waals surface area contributed by atoms with Gasteiger partial charge in [0.1, 0.15) is 11.3 Å². The van der Waals surface area contributed by atoms with Gasteiger partial charge >= 0.3 is 0 Å². The van der Waals surface area contributed by atoms with Crippen LogP contribution in [0.1, 0.15) is 39.3 Å². The second kappa shape index (κ2) is 8.43. The van der Waals surface area contributed by atoms with E-state index in [1.165, 1.54) is 6.07 Å². The summed E-state index contributed by atoms with van der Waals surface area (Å²) in [6.45, 7) is 11.0. The normalized spacial score (nSPS) is 16.3. The van der Waals surface area contributed by atoms with Crippen LogP contribution in [0.3, 0.4) is 0 Å². The van der Waals surface area contributed by atoms with Gasteiger partial charge in [0.2, 0.25) is 5.91 Å². The van der Waals surface area contributed by atoms with Crippen molar-refractivity contribution in [2.45, 2.75) is 46.1 Å². The molecule has 0 aliphatic carbocycles. The van der Waals surface area contributed by atoms with Crippen LogP contribution in [0.2, 0.25) is 0 Å². The van der Waals surface area contributed by atoms with E-state index in [0.717, 1.165) is 49.2 Å². The number of hydrogen-bond donors (Lipinski definition) is 2. The summed E-state index contributed by atoms with van der Waals surface area (Å²) in [6.07, 6.45) is 2.10. The van der Waals surface area contributed by atoms with E-state index >= 15 is 0 Å². The minimum Gasteiger partial charge on any atom is -0.384 e. The lowest BCUT2D eigenvalue weighted by Gasteiger charge is -2.32. The van der Waals surface area contributed by atoms with Gasteiger partial charge in [-0.15, -0.1) is 0 Å². The minimum atomic E-state index is -0.286. The maximum absolute atomic E-state index is 14.1. The number of halogens is 1. The summed E-state index contributed by atoms with van der Waals surface area (Å²) in [6, 6.07) is 7.06. The number of hydrogen-bond acceptors (Lipinski definition) is 4. The summed E-state index contributed by atoms with van der Waals surface area (Å²) in [7, 11) is 0. The SMILES string of the molecule is Cc1cc(NCC2CCN(CC(=O)NC(C)(C)C)CC2)c2cccc(F)c2n1. The number of pyridine rings is 1. The van der Waals surface area contributed by atoms with Gasteiger partial charge in [0.05, 0.1) is 6.54 Å². The quantitative estimate of drug-likeness (QED) is 0.822. The molecule has 2 aromatic rings. The summed E-state index contributed by atoms with van der Waals surface area (Å²) in [5, 5.41) is 7.35. The number of carbonyl (C=O) groups is 1. The summed E-state index contributed by atoms with van der Waals surface area (Å²) < 4.78 is 14.1. The van der Waals surface area contributed by atoms with Gasteiger partial charge in [0, 0.05) is 28.9 Å². The lowest BCUT2D eigenvalue weighted by Crippen LogP contribution is -2.47. The lowest BCUT2D eigenvalue weighted by atomic mass is 9.96. The number of piperidine rings is 1. The molecular formula is C22H31FN4O. The van der Waals surface area contributed by atoms with Crippen molar-refractivity contribution < 1.29 is 9.18 Å². The molecule has 6 heteroatoms. The molecular weight excluding hydrogens is 355 g/mol. The molecule has 1 aromatic heterocycles. The zero-order chi connectivity index (χ0) is 20.3. The average molecular weight is 387 g/mol. The monoisotopic (exact) mass is 386 g/mol. The van der Waals surface area contributed by atoms with Gasteiger partial charge in [-0.1, -0.05) is 12.1 Å². The van der Waals surface area contributed by atoms with E-state index in [1.807, 2.05) is 39.8 Å². The predicted molar refractivity (Wildman–Crippen MR) is 112 cm³/mol. The van der Waals surface area contributed by atoms with Crippen molar-refractivity contribution in [2.24, 2.45) is 5.92 Å². The van der Waals surface area contributed by atoms with Crippen molar-refractivity contribution in [3.05, 3.63) is 35.8 Å². The van der Waals surface area contributed by atoms with Gasteiger partial charge in [-0.3, -0.25) is 9.69 Å². The number of rotatable bonds is 5. The molecule has 1 saturated heterocycles. The molecule has 0 radical (unpaired) electrons. The summed E-state index contributed by atoms with van der Waals surface area (Å²) in [5.41, 5.74) is 1.97. The smallest absolute Gasteiger partial charge is 0.234 e. The number of nitrogens with zero attached hydrogens (tertiary/aromatic N) is 2. The highest BCUT2D eigenvalue weighted by atomic mass is 19.1. The van der Waals surface area contributed by atoms with Crippen molar-refractivity contribution >= 4 is 22.5 Å². The molecule has 0 atom stereocenters. The van der Waals surface area contributed by atoms with E-state index in [1.54, 1.807) is 6.07 Å². The van der Waals surface area contributed by atoms with Crippen molar-refractivity contribution in [2.75, 3.05) is 31.5 Å². The Labute approximate surface area is 166 Å². The Morgan fingerprint density at radius 2 is 2.00 bits per heavy atom. The van der Waals surface area contributed by atoms with Gasteiger partial charge in [-0.2, -0.15) is 0 Å². The fourth-order valence-corrected chi connectivity index (χ4v) is 3.75. The highest BCUT2D eigenvalue weighted by Crippen LogP contribution is 2.26. The maximum atomic E-state index is 14.1. The van der Waals surface area contributed by atoms with Crippen LogP contribution in [0.15, 0.2) is 24.3 Å². The number of fused-ring (bicyclic) bond motifs is 1. The Kier molecular flexibility index (Phi) is 6.18. The maximum Gasteiger partial charge on any atom is 0.234 e. The molecule has 2 heterocycles. The first-order valence-corrected chi connectivity index (χ1v) is 10.0. The van der Waals surface area contributed by atoms with E-state index in [4.69, 9.17) is 0 Å². The summed E-state index contributed by atoms with van der Waals surface area (Å²) in [5.74, 6) is 0.343. The van der Waals surface area contributed by atoms with Crippen LogP contribution in [0.25, 0.3) is 10.9 Å². The standard InChI is InChI=1S/C22H31FN4O/c1-15-12-19(17-6-5-7-18(23)21(17)25-15)24-13-16-8-10-27(11-9-16)14-20(28)26-22(2,3)4/h5-7,12,16H,8-11,13-14H2,1-4H3,(H,24,25)(H,26,28). The Bertz CT molecular complexity index is 838.